The van der Waals surface area contributed by atoms with Crippen LogP contribution in [0.25, 0.3) is 0 Å². The van der Waals surface area contributed by atoms with E-state index in [1.165, 1.54) is 24.3 Å². The standard InChI is InChI=1S/C16H13Cl2N3O4/c1-2-15(22)19-10-4-6-11(17)13(8-10)20-16(23)9-3-5-12(18)14(7-9)21(24)25/h3-8H,2H2,1H3,(H,19,22)(H,20,23). The number of nitro groups is 1. The van der Waals surface area contributed by atoms with Crippen molar-refractivity contribution in [3.63, 3.8) is 0 Å². The Kier molecular flexibility index (Phi) is 5.95. The molecule has 0 unspecified atom stereocenters. The normalized spacial score (nSPS) is 10.2. The molecule has 0 atom stereocenters. The van der Waals surface area contributed by atoms with E-state index in [1.807, 2.05) is 0 Å². The number of nitrogens with one attached hydrogen (secondary N) is 2. The van der Waals surface area contributed by atoms with Gasteiger partial charge in [-0.2, -0.15) is 0 Å². The summed E-state index contributed by atoms with van der Waals surface area (Å²) in [7, 11) is 0. The van der Waals surface area contributed by atoms with Crippen molar-refractivity contribution in [3.05, 3.63) is 62.1 Å². The molecule has 0 aliphatic heterocycles. The predicted molar refractivity (Wildman–Crippen MR) is 96.4 cm³/mol. The van der Waals surface area contributed by atoms with Crippen LogP contribution in [0.5, 0.6) is 0 Å². The number of nitrogens with zero attached hydrogens (tertiary/aromatic N) is 1. The van der Waals surface area contributed by atoms with Gasteiger partial charge in [-0.05, 0) is 30.3 Å². The van der Waals surface area contributed by atoms with Gasteiger partial charge in [0.1, 0.15) is 5.02 Å². The fourth-order valence-electron chi connectivity index (χ4n) is 1.94. The van der Waals surface area contributed by atoms with Crippen molar-refractivity contribution < 1.29 is 14.5 Å². The second kappa shape index (κ2) is 7.96. The first-order valence-corrected chi connectivity index (χ1v) is 7.92. The van der Waals surface area contributed by atoms with E-state index in [9.17, 15) is 19.7 Å². The van der Waals surface area contributed by atoms with Gasteiger partial charge in [0.25, 0.3) is 11.6 Å². The maximum absolute atomic E-state index is 12.3. The van der Waals surface area contributed by atoms with Crippen LogP contribution in [0.15, 0.2) is 36.4 Å². The van der Waals surface area contributed by atoms with Crippen molar-refractivity contribution in [1.82, 2.24) is 0 Å². The van der Waals surface area contributed by atoms with Gasteiger partial charge in [-0.3, -0.25) is 19.7 Å². The molecule has 130 valence electrons. The molecular weight excluding hydrogens is 369 g/mol. The monoisotopic (exact) mass is 381 g/mol. The summed E-state index contributed by atoms with van der Waals surface area (Å²) in [6.07, 6.45) is 0.304. The Bertz CT molecular complexity index is 855. The molecule has 0 fully saturated rings. The Hall–Kier alpha value is -2.64. The van der Waals surface area contributed by atoms with Crippen molar-refractivity contribution in [1.29, 1.82) is 0 Å². The third kappa shape index (κ3) is 4.68. The molecule has 0 saturated heterocycles. The minimum atomic E-state index is -0.674. The van der Waals surface area contributed by atoms with Gasteiger partial charge < -0.3 is 10.6 Å². The van der Waals surface area contributed by atoms with Crippen LogP contribution < -0.4 is 10.6 Å². The Balaban J connectivity index is 2.25. The summed E-state index contributed by atoms with van der Waals surface area (Å²) in [5.74, 6) is -0.784. The summed E-state index contributed by atoms with van der Waals surface area (Å²) in [5, 5.41) is 16.3. The number of rotatable bonds is 5. The van der Waals surface area contributed by atoms with Gasteiger partial charge in [0.05, 0.1) is 15.6 Å². The second-order valence-electron chi connectivity index (χ2n) is 4.97. The third-order valence-electron chi connectivity index (χ3n) is 3.22. The Morgan fingerprint density at radius 1 is 1.08 bits per heavy atom. The van der Waals surface area contributed by atoms with Gasteiger partial charge in [0.2, 0.25) is 5.91 Å². The molecule has 2 aromatic rings. The summed E-state index contributed by atoms with van der Waals surface area (Å²) in [5.41, 5.74) is 0.409. The molecule has 2 aromatic carbocycles. The number of hydrogen-bond donors (Lipinski definition) is 2. The van der Waals surface area contributed by atoms with Crippen LogP contribution >= 0.6 is 23.2 Å². The minimum Gasteiger partial charge on any atom is -0.326 e. The number of nitro benzene ring substituents is 1. The topological polar surface area (TPSA) is 101 Å². The first-order chi connectivity index (χ1) is 11.8. The van der Waals surface area contributed by atoms with Gasteiger partial charge >= 0.3 is 0 Å². The fraction of sp³-hybridized carbons (Fsp3) is 0.125. The van der Waals surface area contributed by atoms with Gasteiger partial charge in [-0.15, -0.1) is 0 Å². The zero-order valence-corrected chi connectivity index (χ0v) is 14.5. The molecular formula is C16H13Cl2N3O4. The lowest BCUT2D eigenvalue weighted by atomic mass is 10.1. The highest BCUT2D eigenvalue weighted by atomic mass is 35.5. The summed E-state index contributed by atoms with van der Waals surface area (Å²) in [6, 6.07) is 8.33. The SMILES string of the molecule is CCC(=O)Nc1ccc(Cl)c(NC(=O)c2ccc(Cl)c([N+](=O)[O-])c2)c1. The first kappa shape index (κ1) is 18.7. The van der Waals surface area contributed by atoms with E-state index in [1.54, 1.807) is 13.0 Å². The quantitative estimate of drug-likeness (QED) is 0.587. The molecule has 0 saturated carbocycles. The third-order valence-corrected chi connectivity index (χ3v) is 3.87. The molecule has 2 amide bonds. The van der Waals surface area contributed by atoms with E-state index in [2.05, 4.69) is 10.6 Å². The number of anilines is 2. The average molecular weight is 382 g/mol. The van der Waals surface area contributed by atoms with E-state index in [0.29, 0.717) is 12.1 Å². The highest BCUT2D eigenvalue weighted by Gasteiger charge is 2.17. The lowest BCUT2D eigenvalue weighted by Crippen LogP contribution is -2.14. The van der Waals surface area contributed by atoms with Gasteiger partial charge in [0.15, 0.2) is 0 Å². The van der Waals surface area contributed by atoms with E-state index in [-0.39, 0.29) is 32.9 Å². The highest BCUT2D eigenvalue weighted by Crippen LogP contribution is 2.28. The number of halogens is 2. The van der Waals surface area contributed by atoms with Crippen LogP contribution in [0, 0.1) is 10.1 Å². The van der Waals surface area contributed by atoms with E-state index >= 15 is 0 Å². The van der Waals surface area contributed by atoms with Crippen LogP contribution in [0.4, 0.5) is 17.1 Å². The zero-order chi connectivity index (χ0) is 18.6. The Labute approximate surface area is 153 Å². The molecule has 25 heavy (non-hydrogen) atoms. The van der Waals surface area contributed by atoms with Crippen molar-refractivity contribution >= 4 is 52.1 Å². The Morgan fingerprint density at radius 2 is 1.76 bits per heavy atom. The molecule has 0 aliphatic carbocycles. The minimum absolute atomic E-state index is 0.0511. The Morgan fingerprint density at radius 3 is 2.40 bits per heavy atom. The number of hydrogen-bond acceptors (Lipinski definition) is 4. The van der Waals surface area contributed by atoms with Gasteiger partial charge in [-0.25, -0.2) is 0 Å². The van der Waals surface area contributed by atoms with Crippen molar-refractivity contribution in [2.24, 2.45) is 0 Å². The first-order valence-electron chi connectivity index (χ1n) is 7.16. The maximum Gasteiger partial charge on any atom is 0.288 e. The van der Waals surface area contributed by atoms with E-state index in [4.69, 9.17) is 23.2 Å². The molecule has 0 heterocycles. The van der Waals surface area contributed by atoms with E-state index < -0.39 is 10.8 Å². The van der Waals surface area contributed by atoms with E-state index in [0.717, 1.165) is 6.07 Å². The lowest BCUT2D eigenvalue weighted by molar-refractivity contribution is -0.384. The highest BCUT2D eigenvalue weighted by molar-refractivity contribution is 6.34. The number of amides is 2. The van der Waals surface area contributed by atoms with Crippen LogP contribution in [0.3, 0.4) is 0 Å². The number of carbonyl (C=O) groups is 2. The van der Waals surface area contributed by atoms with Crippen molar-refractivity contribution in [2.45, 2.75) is 13.3 Å². The largest absolute Gasteiger partial charge is 0.326 e. The summed E-state index contributed by atoms with van der Waals surface area (Å²) in [4.78, 5) is 34.0. The summed E-state index contributed by atoms with van der Waals surface area (Å²) < 4.78 is 0. The average Bonchev–Trinajstić information content (AvgIpc) is 2.57. The summed E-state index contributed by atoms with van der Waals surface area (Å²) >= 11 is 11.8. The fourth-order valence-corrected chi connectivity index (χ4v) is 2.29. The van der Waals surface area contributed by atoms with Crippen molar-refractivity contribution in [3.8, 4) is 0 Å². The molecule has 2 rings (SSSR count). The second-order valence-corrected chi connectivity index (χ2v) is 5.79. The maximum atomic E-state index is 12.3. The molecule has 7 nitrogen and oxygen atoms in total. The molecule has 2 N–H and O–H groups in total. The smallest absolute Gasteiger partial charge is 0.288 e. The summed E-state index contributed by atoms with van der Waals surface area (Å²) in [6.45, 7) is 1.71. The molecule has 0 aliphatic rings. The van der Waals surface area contributed by atoms with Gasteiger partial charge in [0, 0.05) is 23.7 Å². The molecule has 0 spiro atoms. The van der Waals surface area contributed by atoms with Gasteiger partial charge in [-0.1, -0.05) is 30.1 Å². The number of benzene rings is 2. The molecule has 9 heteroatoms. The zero-order valence-electron chi connectivity index (χ0n) is 13.0. The van der Waals surface area contributed by atoms with Crippen LogP contribution in [-0.2, 0) is 4.79 Å². The van der Waals surface area contributed by atoms with Crippen LogP contribution in [0.2, 0.25) is 10.0 Å². The number of carbonyl (C=O) groups excluding carboxylic acids is 2. The van der Waals surface area contributed by atoms with Crippen molar-refractivity contribution in [2.75, 3.05) is 10.6 Å². The van der Waals surface area contributed by atoms with Crippen LogP contribution in [0.1, 0.15) is 23.7 Å². The predicted octanol–water partition coefficient (Wildman–Crippen LogP) is 4.50. The molecule has 0 radical (unpaired) electrons. The lowest BCUT2D eigenvalue weighted by Gasteiger charge is -2.10. The molecule has 0 bridgehead atoms. The van der Waals surface area contributed by atoms with Crippen LogP contribution in [-0.4, -0.2) is 16.7 Å². The molecule has 0 aromatic heterocycles.